The number of nitrogens with zero attached hydrogens (tertiary/aromatic N) is 3. The van der Waals surface area contributed by atoms with Crippen molar-refractivity contribution in [2.75, 3.05) is 12.8 Å². The molecule has 0 fully saturated rings. The quantitative estimate of drug-likeness (QED) is 0.862. The second kappa shape index (κ2) is 5.42. The minimum atomic E-state index is 0.740. The first-order chi connectivity index (χ1) is 8.54. The Morgan fingerprint density at radius 3 is 2.83 bits per heavy atom. The Morgan fingerprint density at radius 2 is 2.17 bits per heavy atom. The van der Waals surface area contributed by atoms with Crippen molar-refractivity contribution in [1.82, 2.24) is 14.7 Å². The van der Waals surface area contributed by atoms with Crippen molar-refractivity contribution in [1.29, 1.82) is 0 Å². The van der Waals surface area contributed by atoms with E-state index in [0.717, 1.165) is 29.4 Å². The Hall–Kier alpha value is -1.52. The molecule has 96 valence electrons. The van der Waals surface area contributed by atoms with Crippen LogP contribution in [-0.4, -0.2) is 21.7 Å². The third kappa shape index (κ3) is 3.24. The summed E-state index contributed by atoms with van der Waals surface area (Å²) in [6, 6.07) is 5.57. The lowest BCUT2D eigenvalue weighted by Gasteiger charge is -2.16. The Morgan fingerprint density at radius 1 is 1.39 bits per heavy atom. The van der Waals surface area contributed by atoms with Gasteiger partial charge >= 0.3 is 0 Å². The summed E-state index contributed by atoms with van der Waals surface area (Å²) in [6.07, 6.45) is 3.88. The van der Waals surface area contributed by atoms with Gasteiger partial charge in [0.05, 0.1) is 6.20 Å². The third-order valence-electron chi connectivity index (χ3n) is 2.72. The molecule has 5 heteroatoms. The molecule has 2 aromatic rings. The number of hydrogen-bond donors (Lipinski definition) is 1. The molecular weight excluding hydrogens is 248 g/mol. The van der Waals surface area contributed by atoms with E-state index in [4.69, 9.17) is 17.3 Å². The van der Waals surface area contributed by atoms with Gasteiger partial charge in [0.1, 0.15) is 0 Å². The first kappa shape index (κ1) is 12.9. The van der Waals surface area contributed by atoms with E-state index in [1.54, 1.807) is 4.68 Å². The first-order valence-electron chi connectivity index (χ1n) is 5.74. The van der Waals surface area contributed by atoms with E-state index >= 15 is 0 Å². The fourth-order valence-electron chi connectivity index (χ4n) is 1.93. The van der Waals surface area contributed by atoms with E-state index in [1.807, 2.05) is 44.7 Å². The van der Waals surface area contributed by atoms with Crippen LogP contribution in [0.25, 0.3) is 0 Å². The molecule has 0 aliphatic rings. The summed E-state index contributed by atoms with van der Waals surface area (Å²) in [5, 5.41) is 4.90. The van der Waals surface area contributed by atoms with Gasteiger partial charge in [-0.3, -0.25) is 9.58 Å². The monoisotopic (exact) mass is 264 g/mol. The van der Waals surface area contributed by atoms with Crippen molar-refractivity contribution in [2.45, 2.75) is 13.1 Å². The second-order valence-electron chi connectivity index (χ2n) is 4.55. The van der Waals surface area contributed by atoms with E-state index in [-0.39, 0.29) is 0 Å². The number of nitrogen functional groups attached to an aromatic ring is 1. The molecule has 0 saturated heterocycles. The van der Waals surface area contributed by atoms with Gasteiger partial charge in [-0.2, -0.15) is 5.10 Å². The fourth-order valence-corrected chi connectivity index (χ4v) is 2.11. The van der Waals surface area contributed by atoms with Crippen LogP contribution < -0.4 is 5.73 Å². The average molecular weight is 265 g/mol. The van der Waals surface area contributed by atoms with Crippen molar-refractivity contribution in [3.8, 4) is 0 Å². The van der Waals surface area contributed by atoms with Crippen LogP contribution in [0.15, 0.2) is 30.6 Å². The van der Waals surface area contributed by atoms with Gasteiger partial charge in [-0.25, -0.2) is 0 Å². The number of rotatable bonds is 4. The number of halogens is 1. The Balaban J connectivity index is 2.02. The summed E-state index contributed by atoms with van der Waals surface area (Å²) < 4.78 is 1.80. The molecule has 0 unspecified atom stereocenters. The Labute approximate surface area is 112 Å². The normalized spacial score (nSPS) is 11.1. The molecule has 0 spiro atoms. The van der Waals surface area contributed by atoms with Crippen LogP contribution in [0.5, 0.6) is 0 Å². The molecule has 2 N–H and O–H groups in total. The lowest BCUT2D eigenvalue weighted by atomic mass is 10.2. The Kier molecular flexibility index (Phi) is 3.89. The van der Waals surface area contributed by atoms with Crippen molar-refractivity contribution in [3.05, 3.63) is 46.7 Å². The van der Waals surface area contributed by atoms with E-state index in [9.17, 15) is 0 Å². The Bertz CT molecular complexity index is 536. The third-order valence-corrected chi connectivity index (χ3v) is 3.09. The summed E-state index contributed by atoms with van der Waals surface area (Å²) >= 11 is 6.15. The van der Waals surface area contributed by atoms with Crippen LogP contribution in [0.3, 0.4) is 0 Å². The summed E-state index contributed by atoms with van der Waals surface area (Å²) in [7, 11) is 3.96. The molecule has 0 bridgehead atoms. The molecule has 0 aliphatic heterocycles. The molecule has 0 saturated carbocycles. The maximum atomic E-state index is 6.15. The molecular formula is C13H17ClN4. The van der Waals surface area contributed by atoms with Gasteiger partial charge in [0.2, 0.25) is 0 Å². The van der Waals surface area contributed by atoms with Crippen LogP contribution >= 0.6 is 11.6 Å². The highest BCUT2D eigenvalue weighted by Crippen LogP contribution is 2.20. The van der Waals surface area contributed by atoms with Crippen LogP contribution in [0.1, 0.15) is 11.1 Å². The van der Waals surface area contributed by atoms with Gasteiger partial charge in [-0.1, -0.05) is 11.6 Å². The predicted octanol–water partition coefficient (Wildman–Crippen LogP) is 2.29. The molecule has 1 heterocycles. The molecule has 1 aromatic heterocycles. The average Bonchev–Trinajstić information content (AvgIpc) is 2.69. The number of aryl methyl sites for hydroxylation is 1. The van der Waals surface area contributed by atoms with Gasteiger partial charge < -0.3 is 5.73 Å². The van der Waals surface area contributed by atoms with Crippen molar-refractivity contribution < 1.29 is 0 Å². The summed E-state index contributed by atoms with van der Waals surface area (Å²) in [6.45, 7) is 1.59. The van der Waals surface area contributed by atoms with Crippen molar-refractivity contribution >= 4 is 17.3 Å². The highest BCUT2D eigenvalue weighted by atomic mass is 35.5. The maximum Gasteiger partial charge on any atom is 0.0534 e. The molecule has 18 heavy (non-hydrogen) atoms. The standard InChI is InChI=1S/C13H17ClN4/c1-17(7-10-6-16-18(2)8-10)9-11-5-12(15)3-4-13(11)14/h3-6,8H,7,9,15H2,1-2H3. The van der Waals surface area contributed by atoms with Gasteiger partial charge in [0.25, 0.3) is 0 Å². The first-order valence-corrected chi connectivity index (χ1v) is 6.12. The molecule has 0 radical (unpaired) electrons. The molecule has 4 nitrogen and oxygen atoms in total. The van der Waals surface area contributed by atoms with E-state index in [1.165, 1.54) is 5.56 Å². The minimum absolute atomic E-state index is 0.740. The van der Waals surface area contributed by atoms with Gasteiger partial charge in [-0.15, -0.1) is 0 Å². The van der Waals surface area contributed by atoms with Crippen LogP contribution in [0.4, 0.5) is 5.69 Å². The summed E-state index contributed by atoms with van der Waals surface area (Å²) in [5.74, 6) is 0. The maximum absolute atomic E-state index is 6.15. The molecule has 0 amide bonds. The molecule has 2 rings (SSSR count). The number of nitrogens with two attached hydrogens (primary N) is 1. The van der Waals surface area contributed by atoms with Crippen LogP contribution in [-0.2, 0) is 20.1 Å². The van der Waals surface area contributed by atoms with E-state index < -0.39 is 0 Å². The van der Waals surface area contributed by atoms with Crippen LogP contribution in [0, 0.1) is 0 Å². The fraction of sp³-hybridized carbons (Fsp3) is 0.308. The zero-order chi connectivity index (χ0) is 13.1. The van der Waals surface area contributed by atoms with Crippen molar-refractivity contribution in [2.24, 2.45) is 7.05 Å². The second-order valence-corrected chi connectivity index (χ2v) is 4.95. The summed E-state index contributed by atoms with van der Waals surface area (Å²) in [5.41, 5.74) is 8.73. The van der Waals surface area contributed by atoms with Gasteiger partial charge in [0, 0.05) is 42.6 Å². The van der Waals surface area contributed by atoms with E-state index in [2.05, 4.69) is 10.00 Å². The number of aromatic nitrogens is 2. The van der Waals surface area contributed by atoms with E-state index in [0.29, 0.717) is 0 Å². The number of anilines is 1. The summed E-state index contributed by atoms with van der Waals surface area (Å²) in [4.78, 5) is 2.18. The minimum Gasteiger partial charge on any atom is -0.399 e. The lowest BCUT2D eigenvalue weighted by Crippen LogP contribution is -2.17. The highest BCUT2D eigenvalue weighted by Gasteiger charge is 2.06. The van der Waals surface area contributed by atoms with Crippen LogP contribution in [0.2, 0.25) is 5.02 Å². The zero-order valence-electron chi connectivity index (χ0n) is 10.6. The zero-order valence-corrected chi connectivity index (χ0v) is 11.4. The number of hydrogen-bond acceptors (Lipinski definition) is 3. The lowest BCUT2D eigenvalue weighted by molar-refractivity contribution is 0.319. The predicted molar refractivity (Wildman–Crippen MR) is 74.2 cm³/mol. The number of benzene rings is 1. The van der Waals surface area contributed by atoms with Gasteiger partial charge in [-0.05, 0) is 30.8 Å². The SMILES string of the molecule is CN(Cc1cnn(C)c1)Cc1cc(N)ccc1Cl. The molecule has 0 aliphatic carbocycles. The molecule has 1 aromatic carbocycles. The highest BCUT2D eigenvalue weighted by molar-refractivity contribution is 6.31. The van der Waals surface area contributed by atoms with Crippen molar-refractivity contribution in [3.63, 3.8) is 0 Å². The topological polar surface area (TPSA) is 47.1 Å². The molecule has 0 atom stereocenters. The smallest absolute Gasteiger partial charge is 0.0534 e. The van der Waals surface area contributed by atoms with Gasteiger partial charge in [0.15, 0.2) is 0 Å². The largest absolute Gasteiger partial charge is 0.399 e.